The van der Waals surface area contributed by atoms with E-state index in [2.05, 4.69) is 32.1 Å². The van der Waals surface area contributed by atoms with Crippen LogP contribution in [0.4, 0.5) is 0 Å². The minimum atomic E-state index is 0.406. The molecule has 2 unspecified atom stereocenters. The molecule has 1 heteroatoms. The molecule has 2 saturated carbocycles. The number of hydrogen-bond donors (Lipinski definition) is 1. The van der Waals surface area contributed by atoms with Crippen LogP contribution in [0.25, 0.3) is 0 Å². The number of benzene rings is 1. The SMILES string of the molecule is C/C=C1/CCC2C3=CCc4cc(O)ccc4C3CC[C@]12C. The lowest BCUT2D eigenvalue weighted by Gasteiger charge is -2.45. The predicted octanol–water partition coefficient (Wildman–Crippen LogP) is 5.11. The number of phenols is 1. The first-order chi connectivity index (χ1) is 10.1. The van der Waals surface area contributed by atoms with Crippen LogP contribution in [-0.2, 0) is 6.42 Å². The highest BCUT2D eigenvalue weighted by Gasteiger charge is 2.49. The Balaban J connectivity index is 1.76. The molecule has 1 aromatic carbocycles. The molecular formula is C20H24O. The summed E-state index contributed by atoms with van der Waals surface area (Å²) in [5.74, 6) is 1.75. The van der Waals surface area contributed by atoms with Crippen LogP contribution in [0.2, 0.25) is 0 Å². The summed E-state index contributed by atoms with van der Waals surface area (Å²) in [5.41, 5.74) is 6.59. The van der Waals surface area contributed by atoms with Crippen LogP contribution < -0.4 is 0 Å². The highest BCUT2D eigenvalue weighted by Crippen LogP contribution is 2.61. The van der Waals surface area contributed by atoms with Crippen molar-refractivity contribution in [1.29, 1.82) is 0 Å². The topological polar surface area (TPSA) is 20.2 Å². The number of aromatic hydroxyl groups is 1. The Morgan fingerprint density at radius 3 is 2.95 bits per heavy atom. The Bertz CT molecular complexity index is 652. The van der Waals surface area contributed by atoms with E-state index in [0.29, 0.717) is 17.1 Å². The Morgan fingerprint density at radius 1 is 1.29 bits per heavy atom. The van der Waals surface area contributed by atoms with E-state index in [1.807, 2.05) is 12.1 Å². The molecule has 0 aliphatic heterocycles. The maximum atomic E-state index is 9.71. The van der Waals surface area contributed by atoms with Crippen molar-refractivity contribution in [2.45, 2.75) is 51.9 Å². The van der Waals surface area contributed by atoms with Crippen LogP contribution in [-0.4, -0.2) is 5.11 Å². The lowest BCUT2D eigenvalue weighted by molar-refractivity contribution is 0.229. The molecule has 3 aliphatic carbocycles. The zero-order chi connectivity index (χ0) is 14.6. The van der Waals surface area contributed by atoms with Crippen molar-refractivity contribution < 1.29 is 5.11 Å². The van der Waals surface area contributed by atoms with E-state index >= 15 is 0 Å². The molecule has 0 radical (unpaired) electrons. The van der Waals surface area contributed by atoms with E-state index in [1.54, 1.807) is 11.1 Å². The summed E-state index contributed by atoms with van der Waals surface area (Å²) in [4.78, 5) is 0. The molecule has 2 fully saturated rings. The molecule has 0 amide bonds. The summed E-state index contributed by atoms with van der Waals surface area (Å²) >= 11 is 0. The van der Waals surface area contributed by atoms with Gasteiger partial charge in [0.05, 0.1) is 0 Å². The first-order valence-electron chi connectivity index (χ1n) is 8.31. The van der Waals surface area contributed by atoms with Gasteiger partial charge in [-0.25, -0.2) is 0 Å². The fraction of sp³-hybridized carbons (Fsp3) is 0.500. The van der Waals surface area contributed by atoms with Crippen molar-refractivity contribution in [3.63, 3.8) is 0 Å². The van der Waals surface area contributed by atoms with Crippen LogP contribution in [0.15, 0.2) is 41.5 Å². The number of phenolic OH excluding ortho intramolecular Hbond substituents is 1. The number of rotatable bonds is 0. The van der Waals surface area contributed by atoms with E-state index in [4.69, 9.17) is 0 Å². The largest absolute Gasteiger partial charge is 0.508 e. The normalized spacial score (nSPS) is 35.9. The van der Waals surface area contributed by atoms with Gasteiger partial charge in [-0.05, 0) is 73.6 Å². The fourth-order valence-electron chi connectivity index (χ4n) is 5.28. The van der Waals surface area contributed by atoms with Gasteiger partial charge >= 0.3 is 0 Å². The molecule has 1 N–H and O–H groups in total. The van der Waals surface area contributed by atoms with Gasteiger partial charge in [0, 0.05) is 5.92 Å². The fourth-order valence-corrected chi connectivity index (χ4v) is 5.28. The average molecular weight is 280 g/mol. The molecule has 1 nitrogen and oxygen atoms in total. The van der Waals surface area contributed by atoms with Crippen LogP contribution in [0.3, 0.4) is 0 Å². The number of hydrogen-bond acceptors (Lipinski definition) is 1. The molecule has 0 bridgehead atoms. The second-order valence-corrected chi connectivity index (χ2v) is 7.21. The molecule has 0 spiro atoms. The number of fused-ring (bicyclic) bond motifs is 5. The van der Waals surface area contributed by atoms with Gasteiger partial charge < -0.3 is 5.11 Å². The van der Waals surface area contributed by atoms with Gasteiger partial charge in [0.25, 0.3) is 0 Å². The van der Waals surface area contributed by atoms with Crippen molar-refractivity contribution >= 4 is 0 Å². The monoisotopic (exact) mass is 280 g/mol. The molecule has 3 aliphatic rings. The van der Waals surface area contributed by atoms with E-state index in [1.165, 1.54) is 36.8 Å². The summed E-state index contributed by atoms with van der Waals surface area (Å²) in [5, 5.41) is 9.71. The minimum Gasteiger partial charge on any atom is -0.508 e. The summed E-state index contributed by atoms with van der Waals surface area (Å²) in [6.45, 7) is 4.70. The van der Waals surface area contributed by atoms with Gasteiger partial charge in [0.1, 0.15) is 5.75 Å². The van der Waals surface area contributed by atoms with Gasteiger partial charge in [0.2, 0.25) is 0 Å². The van der Waals surface area contributed by atoms with Crippen LogP contribution in [0, 0.1) is 11.3 Å². The van der Waals surface area contributed by atoms with Crippen molar-refractivity contribution in [2.75, 3.05) is 0 Å². The Morgan fingerprint density at radius 2 is 2.14 bits per heavy atom. The molecule has 4 rings (SSSR count). The third-order valence-corrected chi connectivity index (χ3v) is 6.37. The Labute approximate surface area is 127 Å². The Hall–Kier alpha value is -1.50. The van der Waals surface area contributed by atoms with E-state index in [-0.39, 0.29) is 0 Å². The van der Waals surface area contributed by atoms with Crippen molar-refractivity contribution in [3.05, 3.63) is 52.6 Å². The zero-order valence-electron chi connectivity index (χ0n) is 13.0. The van der Waals surface area contributed by atoms with Crippen LogP contribution in [0.1, 0.15) is 56.6 Å². The first kappa shape index (κ1) is 13.2. The summed E-state index contributed by atoms with van der Waals surface area (Å²) in [6.07, 6.45) is 11.0. The summed E-state index contributed by atoms with van der Waals surface area (Å²) in [7, 11) is 0. The predicted molar refractivity (Wildman–Crippen MR) is 86.5 cm³/mol. The van der Waals surface area contributed by atoms with Gasteiger partial charge in [-0.1, -0.05) is 36.3 Å². The molecule has 0 aromatic heterocycles. The first-order valence-corrected chi connectivity index (χ1v) is 8.31. The molecule has 3 atom stereocenters. The third kappa shape index (κ3) is 1.76. The second kappa shape index (κ2) is 4.50. The molecule has 110 valence electrons. The van der Waals surface area contributed by atoms with Crippen molar-refractivity contribution in [1.82, 2.24) is 0 Å². The second-order valence-electron chi connectivity index (χ2n) is 7.21. The van der Waals surface area contributed by atoms with E-state index in [0.717, 1.165) is 12.3 Å². The standard InChI is InChI=1S/C20H24O/c1-3-14-5-9-19-18-7-4-13-12-15(21)6-8-16(13)17(18)10-11-20(14,19)2/h3,6-8,12,17,19,21H,4-5,9-11H2,1-2H3/b14-3-/t17?,19?,20-/m1/s1. The lowest BCUT2D eigenvalue weighted by Crippen LogP contribution is -2.34. The molecule has 1 aromatic rings. The van der Waals surface area contributed by atoms with E-state index < -0.39 is 0 Å². The van der Waals surface area contributed by atoms with Crippen molar-refractivity contribution in [3.8, 4) is 5.75 Å². The number of allylic oxidation sites excluding steroid dienone is 4. The van der Waals surface area contributed by atoms with Gasteiger partial charge in [-0.3, -0.25) is 0 Å². The van der Waals surface area contributed by atoms with Gasteiger partial charge in [0.15, 0.2) is 0 Å². The van der Waals surface area contributed by atoms with Crippen LogP contribution in [0.5, 0.6) is 5.75 Å². The molecular weight excluding hydrogens is 256 g/mol. The molecule has 0 saturated heterocycles. The quantitative estimate of drug-likeness (QED) is 0.654. The minimum absolute atomic E-state index is 0.406. The Kier molecular flexibility index (Phi) is 2.82. The summed E-state index contributed by atoms with van der Waals surface area (Å²) < 4.78 is 0. The average Bonchev–Trinajstić information content (AvgIpc) is 2.83. The molecule has 0 heterocycles. The van der Waals surface area contributed by atoms with Crippen LogP contribution >= 0.6 is 0 Å². The summed E-state index contributed by atoms with van der Waals surface area (Å²) in [6, 6.07) is 5.99. The zero-order valence-corrected chi connectivity index (χ0v) is 13.0. The van der Waals surface area contributed by atoms with Gasteiger partial charge in [-0.15, -0.1) is 0 Å². The highest BCUT2D eigenvalue weighted by molar-refractivity contribution is 5.48. The maximum absolute atomic E-state index is 9.71. The highest BCUT2D eigenvalue weighted by atomic mass is 16.3. The van der Waals surface area contributed by atoms with E-state index in [9.17, 15) is 5.11 Å². The van der Waals surface area contributed by atoms with Crippen molar-refractivity contribution in [2.24, 2.45) is 11.3 Å². The third-order valence-electron chi connectivity index (χ3n) is 6.37. The maximum Gasteiger partial charge on any atom is 0.115 e. The molecule has 21 heavy (non-hydrogen) atoms. The van der Waals surface area contributed by atoms with Gasteiger partial charge in [-0.2, -0.15) is 0 Å². The lowest BCUT2D eigenvalue weighted by atomic mass is 9.59. The smallest absolute Gasteiger partial charge is 0.115 e.